The number of carbonyl (C=O) groups is 7. The summed E-state index contributed by atoms with van der Waals surface area (Å²) in [5.74, 6) is -4.66. The molecule has 3 fully saturated rings. The van der Waals surface area contributed by atoms with Crippen molar-refractivity contribution in [3.63, 3.8) is 0 Å². The number of carboxylic acids is 1. The number of aldehydes is 1. The van der Waals surface area contributed by atoms with Crippen LogP contribution in [0.4, 0.5) is 13.2 Å². The van der Waals surface area contributed by atoms with Crippen molar-refractivity contribution in [3.8, 4) is 0 Å². The molecule has 470 valence electrons. The molecule has 33 heteroatoms. The first-order chi connectivity index (χ1) is 38.5. The summed E-state index contributed by atoms with van der Waals surface area (Å²) < 4.78 is 42.2. The van der Waals surface area contributed by atoms with Gasteiger partial charge in [-0.15, -0.1) is 0 Å². The van der Waals surface area contributed by atoms with Gasteiger partial charge in [0.2, 0.25) is 24.0 Å². The standard InChI is InChI=1S/C19H27N5O3.C18H26BN5O5.C11H22BN3O5.C2HF3O.CH3.Pd/c1-3-4-10-16-11-24(17(25)14(2)20)13-19(16,22-23-21)18(26)27-12-15-8-6-5-7-9-15;1-13(20)16(25)24-10-15(8-5-9-19(27)28)18(12-24,22-23-21)17(26)29-11-14-6-3-2-4-7-14;1-7(13)9(16)15-5-8(3-2-4-12(19)20)11(14,6-15)10(17)18;3-2(4,5)1-6;;/h5-9,14,16H,3-4,10-13,20H2,1-2H3;2-4,6-7,13,15,27-28H,5,8-12,20H2,1H3;7-8,19-20H,2-6,13-14H2,1H3,(H,17,18);1H;1H3;/q;;;;-1;/t14-,16-,19-;13-,15-,18-;7-,8-,11-;;;/m000.../s1. The molecule has 84 heavy (non-hydrogen) atoms. The molecule has 5 rings (SSSR count). The molecule has 3 aliphatic rings. The quantitative estimate of drug-likeness (QED) is 0.0147. The molecule has 0 unspecified atom stereocenters. The normalized spacial score (nSPS) is 22.2. The second kappa shape index (κ2) is 37.3. The smallest absolute Gasteiger partial charge is 0.451 e. The summed E-state index contributed by atoms with van der Waals surface area (Å²) in [6, 6.07) is 16.2. The molecule has 27 nitrogen and oxygen atoms in total. The van der Waals surface area contributed by atoms with Gasteiger partial charge < -0.3 is 79.7 Å². The first-order valence-corrected chi connectivity index (χ1v) is 26.4. The van der Waals surface area contributed by atoms with E-state index in [1.54, 1.807) is 26.0 Å². The van der Waals surface area contributed by atoms with Crippen LogP contribution in [0.2, 0.25) is 12.6 Å². The van der Waals surface area contributed by atoms with E-state index in [2.05, 4.69) is 20.1 Å². The molecule has 0 aliphatic carbocycles. The zero-order valence-electron chi connectivity index (χ0n) is 47.7. The largest absolute Gasteiger partial charge is 0.480 e. The molecule has 3 heterocycles. The Morgan fingerprint density at radius 1 is 0.679 bits per heavy atom. The maximum absolute atomic E-state index is 13.0. The Morgan fingerprint density at radius 3 is 1.30 bits per heavy atom. The first-order valence-electron chi connectivity index (χ1n) is 26.4. The van der Waals surface area contributed by atoms with Crippen LogP contribution in [0.15, 0.2) is 70.9 Å². The molecule has 0 bridgehead atoms. The van der Waals surface area contributed by atoms with Crippen molar-refractivity contribution >= 4 is 56.2 Å². The number of halogens is 3. The molecule has 0 saturated carbocycles. The number of likely N-dealkylation sites (tertiary alicyclic amines) is 3. The van der Waals surface area contributed by atoms with Gasteiger partial charge in [-0.05, 0) is 74.9 Å². The number of carbonyl (C=O) groups excluding carboxylic acids is 6. The summed E-state index contributed by atoms with van der Waals surface area (Å²) in [7, 11) is -2.90. The number of alkyl halides is 3. The number of amides is 3. The second-order valence-electron chi connectivity index (χ2n) is 20.4. The minimum atomic E-state index is -4.64. The van der Waals surface area contributed by atoms with Crippen molar-refractivity contribution in [2.75, 3.05) is 39.3 Å². The molecule has 2 aromatic rings. The molecule has 3 amide bonds. The minimum absolute atomic E-state index is 0. The molecule has 0 aromatic heterocycles. The van der Waals surface area contributed by atoms with Crippen molar-refractivity contribution in [1.82, 2.24) is 14.7 Å². The number of unbranched alkanes of at least 4 members (excludes halogenated alkanes) is 1. The number of carboxylic acid groups (broad SMARTS) is 1. The summed E-state index contributed by atoms with van der Waals surface area (Å²) in [4.78, 5) is 92.8. The number of aliphatic carboxylic acids is 1. The first kappa shape index (κ1) is 77.8. The van der Waals surface area contributed by atoms with Gasteiger partial charge in [0.1, 0.15) is 18.8 Å². The molecular weight excluding hydrogens is 1200 g/mol. The number of benzene rings is 2. The average molecular weight is 1280 g/mol. The van der Waals surface area contributed by atoms with Gasteiger partial charge in [0.15, 0.2) is 11.1 Å². The van der Waals surface area contributed by atoms with E-state index in [-0.39, 0.29) is 110 Å². The van der Waals surface area contributed by atoms with Gasteiger partial charge in [-0.1, -0.05) is 103 Å². The Balaban J connectivity index is 0.00000117. The van der Waals surface area contributed by atoms with Crippen molar-refractivity contribution in [2.24, 2.45) is 50.9 Å². The van der Waals surface area contributed by atoms with E-state index in [1.165, 1.54) is 21.6 Å². The fraction of sp³-hybridized carbons (Fsp3) is 0.608. The SMILES string of the molecule is CCCC[C@H]1CN(C(=O)[C@H](C)N)C[C@@]1(N=[N+]=[N-])C(=O)OCc1ccccc1.C[C@H](N)C(=O)N1C[C@H](CCCB(O)O)[C@](N)(C(=O)O)C1.C[C@H](N)C(=O)N1C[C@H](CCCB(O)O)[C@](N=[N+]=[N-])(C(=O)OCc2ccccc2)C1.O=CC(F)(F)F.[CH3-].[Pd]. The van der Waals surface area contributed by atoms with Crippen LogP contribution in [-0.2, 0) is 76.7 Å². The summed E-state index contributed by atoms with van der Waals surface area (Å²) in [5.41, 5.74) is 38.2. The van der Waals surface area contributed by atoms with Crippen LogP contribution in [0.1, 0.15) is 83.8 Å². The third kappa shape index (κ3) is 23.7. The Hall–Kier alpha value is -6.19. The monoisotopic (exact) mass is 1280 g/mol. The minimum Gasteiger partial charge on any atom is -0.480 e. The molecule has 2 aromatic carbocycles. The van der Waals surface area contributed by atoms with Gasteiger partial charge in [-0.25, -0.2) is 0 Å². The molecule has 0 spiro atoms. The molecule has 0 radical (unpaired) electrons. The number of azide groups is 2. The summed E-state index contributed by atoms with van der Waals surface area (Å²) in [6.45, 7) is 7.35. The zero-order valence-corrected chi connectivity index (χ0v) is 49.2. The molecule has 13 N–H and O–H groups in total. The van der Waals surface area contributed by atoms with Crippen LogP contribution in [-0.4, -0.2) is 176 Å². The predicted octanol–water partition coefficient (Wildman–Crippen LogP) is 2.63. The Bertz CT molecular complexity index is 2510. The fourth-order valence-electron chi connectivity index (χ4n) is 9.53. The topological polar surface area (TPSA) is 450 Å². The van der Waals surface area contributed by atoms with E-state index >= 15 is 0 Å². The Kier molecular flexibility index (Phi) is 34.5. The van der Waals surface area contributed by atoms with E-state index in [0.717, 1.165) is 24.0 Å². The number of ether oxygens (including phenoxy) is 2. The van der Waals surface area contributed by atoms with Crippen LogP contribution in [0.5, 0.6) is 0 Å². The van der Waals surface area contributed by atoms with Crippen molar-refractivity contribution in [2.45, 2.75) is 139 Å². The maximum Gasteiger partial charge on any atom is 0.451 e. The number of nitrogens with two attached hydrogens (primary N) is 4. The van der Waals surface area contributed by atoms with E-state index in [1.807, 2.05) is 55.5 Å². The Labute approximate surface area is 500 Å². The Morgan fingerprint density at radius 2 is 1.00 bits per heavy atom. The fourth-order valence-corrected chi connectivity index (χ4v) is 9.53. The van der Waals surface area contributed by atoms with E-state index < -0.39 is 91.2 Å². The molecule has 3 aliphatic heterocycles. The van der Waals surface area contributed by atoms with Gasteiger partial charge in [-0.2, -0.15) is 13.2 Å². The van der Waals surface area contributed by atoms with E-state index in [9.17, 15) is 47.0 Å². The van der Waals surface area contributed by atoms with Crippen LogP contribution in [0.3, 0.4) is 0 Å². The number of hydrogen-bond acceptors (Lipinski definition) is 19. The second-order valence-corrected chi connectivity index (χ2v) is 20.4. The summed E-state index contributed by atoms with van der Waals surface area (Å²) in [6.07, 6.45) is -1.44. The van der Waals surface area contributed by atoms with Gasteiger partial charge in [0, 0.05) is 87.3 Å². The molecule has 9 atom stereocenters. The zero-order chi connectivity index (χ0) is 62.0. The van der Waals surface area contributed by atoms with Crippen molar-refractivity contribution in [3.05, 3.63) is 100 Å². The van der Waals surface area contributed by atoms with E-state index in [0.29, 0.717) is 38.6 Å². The van der Waals surface area contributed by atoms with Crippen LogP contribution < -0.4 is 22.9 Å². The van der Waals surface area contributed by atoms with Crippen molar-refractivity contribution < 1.29 is 102 Å². The van der Waals surface area contributed by atoms with Gasteiger partial charge in [-0.3, -0.25) is 33.6 Å². The van der Waals surface area contributed by atoms with Gasteiger partial charge in [0.25, 0.3) is 0 Å². The number of esters is 2. The van der Waals surface area contributed by atoms with Crippen molar-refractivity contribution in [1.29, 1.82) is 0 Å². The number of nitrogens with zero attached hydrogens (tertiary/aromatic N) is 9. The van der Waals surface area contributed by atoms with Gasteiger partial charge in [0.05, 0.1) is 18.1 Å². The number of hydrogen-bond donors (Lipinski definition) is 9. The third-order valence-corrected chi connectivity index (χ3v) is 13.9. The predicted molar refractivity (Wildman–Crippen MR) is 298 cm³/mol. The van der Waals surface area contributed by atoms with Crippen LogP contribution in [0.25, 0.3) is 20.9 Å². The number of rotatable bonds is 23. The van der Waals surface area contributed by atoms with E-state index in [4.69, 9.17) is 68.4 Å². The average Bonchev–Trinajstić information content (AvgIpc) is 3.01. The maximum atomic E-state index is 13.0. The summed E-state index contributed by atoms with van der Waals surface area (Å²) in [5, 5.41) is 52.7. The third-order valence-electron chi connectivity index (χ3n) is 13.9. The summed E-state index contributed by atoms with van der Waals surface area (Å²) >= 11 is 0. The van der Waals surface area contributed by atoms with Gasteiger partial charge >= 0.3 is 38.3 Å². The van der Waals surface area contributed by atoms with Crippen LogP contribution in [0, 0.1) is 25.2 Å². The van der Waals surface area contributed by atoms with Crippen LogP contribution >= 0.6 is 0 Å². The molecular formula is C51H79B2F3N13O14Pd-. The molecule has 3 saturated heterocycles.